The van der Waals surface area contributed by atoms with Gasteiger partial charge in [-0.1, -0.05) is 50.6 Å². The van der Waals surface area contributed by atoms with Crippen molar-refractivity contribution in [1.82, 2.24) is 0 Å². The van der Waals surface area contributed by atoms with Gasteiger partial charge in [-0.15, -0.1) is 0 Å². The average Bonchev–Trinajstić information content (AvgIpc) is 2.21. The molecule has 0 spiro atoms. The van der Waals surface area contributed by atoms with Crippen LogP contribution in [0.3, 0.4) is 0 Å². The molecule has 1 unspecified atom stereocenters. The van der Waals surface area contributed by atoms with Crippen molar-refractivity contribution in [2.75, 3.05) is 6.61 Å². The fourth-order valence-corrected chi connectivity index (χ4v) is 1.67. The highest BCUT2D eigenvalue weighted by molar-refractivity contribution is 5.23. The zero-order valence-electron chi connectivity index (χ0n) is 10.3. The van der Waals surface area contributed by atoms with Crippen molar-refractivity contribution < 1.29 is 4.74 Å². The van der Waals surface area contributed by atoms with Crippen molar-refractivity contribution in [2.24, 2.45) is 5.92 Å². The molecule has 1 aromatic rings. The average molecular weight is 206 g/mol. The van der Waals surface area contributed by atoms with Gasteiger partial charge in [0, 0.05) is 6.61 Å². The van der Waals surface area contributed by atoms with E-state index in [0.717, 1.165) is 13.0 Å². The lowest BCUT2D eigenvalue weighted by Gasteiger charge is -2.21. The van der Waals surface area contributed by atoms with Crippen LogP contribution in [0.25, 0.3) is 0 Å². The van der Waals surface area contributed by atoms with Gasteiger partial charge in [-0.25, -0.2) is 0 Å². The van der Waals surface area contributed by atoms with E-state index in [-0.39, 0.29) is 6.10 Å². The highest BCUT2D eigenvalue weighted by atomic mass is 16.5. The number of ether oxygens (including phenoxy) is 1. The van der Waals surface area contributed by atoms with Crippen LogP contribution >= 0.6 is 0 Å². The van der Waals surface area contributed by atoms with E-state index in [1.807, 2.05) is 0 Å². The first-order chi connectivity index (χ1) is 7.15. The van der Waals surface area contributed by atoms with Crippen LogP contribution in [0, 0.1) is 12.8 Å². The maximum Gasteiger partial charge on any atom is 0.0847 e. The molecule has 0 saturated carbocycles. The van der Waals surface area contributed by atoms with Gasteiger partial charge in [0.2, 0.25) is 0 Å². The van der Waals surface area contributed by atoms with E-state index in [9.17, 15) is 0 Å². The molecule has 1 aromatic carbocycles. The molecule has 0 aliphatic carbocycles. The topological polar surface area (TPSA) is 9.23 Å². The summed E-state index contributed by atoms with van der Waals surface area (Å²) < 4.78 is 5.88. The minimum Gasteiger partial charge on any atom is -0.373 e. The van der Waals surface area contributed by atoms with Crippen molar-refractivity contribution in [3.05, 3.63) is 35.4 Å². The standard InChI is InChI=1S/C14H22O/c1-5-10-15-14(11(2)3)13-8-6-12(4)7-9-13/h6-9,11,14H,5,10H2,1-4H3. The Morgan fingerprint density at radius 3 is 2.20 bits per heavy atom. The van der Waals surface area contributed by atoms with Gasteiger partial charge >= 0.3 is 0 Å². The molecule has 0 saturated heterocycles. The normalized spacial score (nSPS) is 13.1. The largest absolute Gasteiger partial charge is 0.373 e. The third kappa shape index (κ3) is 3.67. The van der Waals surface area contributed by atoms with Gasteiger partial charge in [-0.2, -0.15) is 0 Å². The molecule has 1 heteroatoms. The summed E-state index contributed by atoms with van der Waals surface area (Å²) >= 11 is 0. The molecule has 1 rings (SSSR count). The summed E-state index contributed by atoms with van der Waals surface area (Å²) in [5.74, 6) is 0.527. The van der Waals surface area contributed by atoms with Gasteiger partial charge in [-0.05, 0) is 24.8 Å². The molecule has 0 heterocycles. The first-order valence-corrected chi connectivity index (χ1v) is 5.83. The Morgan fingerprint density at radius 1 is 1.13 bits per heavy atom. The van der Waals surface area contributed by atoms with Crippen LogP contribution in [0.5, 0.6) is 0 Å². The van der Waals surface area contributed by atoms with E-state index >= 15 is 0 Å². The number of benzene rings is 1. The van der Waals surface area contributed by atoms with Gasteiger partial charge in [0.25, 0.3) is 0 Å². The van der Waals surface area contributed by atoms with E-state index in [1.54, 1.807) is 0 Å². The van der Waals surface area contributed by atoms with Gasteiger partial charge in [0.1, 0.15) is 0 Å². The summed E-state index contributed by atoms with van der Waals surface area (Å²) in [6.07, 6.45) is 1.32. The molecule has 0 radical (unpaired) electrons. The SMILES string of the molecule is CCCOC(c1ccc(C)cc1)C(C)C. The first kappa shape index (κ1) is 12.3. The highest BCUT2D eigenvalue weighted by Crippen LogP contribution is 2.26. The Kier molecular flexibility index (Phi) is 4.83. The minimum atomic E-state index is 0.241. The zero-order valence-corrected chi connectivity index (χ0v) is 10.3. The summed E-state index contributed by atoms with van der Waals surface area (Å²) in [6, 6.07) is 8.66. The van der Waals surface area contributed by atoms with Crippen LogP contribution in [0.4, 0.5) is 0 Å². The third-order valence-electron chi connectivity index (χ3n) is 2.51. The molecule has 0 N–H and O–H groups in total. The van der Waals surface area contributed by atoms with E-state index in [2.05, 4.69) is 52.0 Å². The minimum absolute atomic E-state index is 0.241. The summed E-state index contributed by atoms with van der Waals surface area (Å²) in [5.41, 5.74) is 2.60. The van der Waals surface area contributed by atoms with Gasteiger partial charge in [0.05, 0.1) is 6.10 Å². The molecule has 1 nitrogen and oxygen atoms in total. The van der Waals surface area contributed by atoms with Gasteiger partial charge in [0.15, 0.2) is 0 Å². The van der Waals surface area contributed by atoms with Crippen LogP contribution in [0.15, 0.2) is 24.3 Å². The summed E-state index contributed by atoms with van der Waals surface area (Å²) in [5, 5.41) is 0. The van der Waals surface area contributed by atoms with Gasteiger partial charge < -0.3 is 4.74 Å². The monoisotopic (exact) mass is 206 g/mol. The van der Waals surface area contributed by atoms with Crippen molar-refractivity contribution in [2.45, 2.75) is 40.2 Å². The molecular formula is C14H22O. The number of hydrogen-bond donors (Lipinski definition) is 0. The van der Waals surface area contributed by atoms with Crippen molar-refractivity contribution in [1.29, 1.82) is 0 Å². The predicted octanol–water partition coefficient (Wildman–Crippen LogP) is 4.12. The summed E-state index contributed by atoms with van der Waals surface area (Å²) in [4.78, 5) is 0. The summed E-state index contributed by atoms with van der Waals surface area (Å²) in [6.45, 7) is 9.52. The van der Waals surface area contributed by atoms with E-state index in [4.69, 9.17) is 4.74 Å². The lowest BCUT2D eigenvalue weighted by Crippen LogP contribution is -2.11. The molecule has 84 valence electrons. The maximum atomic E-state index is 5.88. The maximum absolute atomic E-state index is 5.88. The van der Waals surface area contributed by atoms with E-state index < -0.39 is 0 Å². The Labute approximate surface area is 93.5 Å². The van der Waals surface area contributed by atoms with Crippen molar-refractivity contribution >= 4 is 0 Å². The second kappa shape index (κ2) is 5.92. The smallest absolute Gasteiger partial charge is 0.0847 e. The zero-order chi connectivity index (χ0) is 11.3. The molecule has 0 bridgehead atoms. The molecule has 0 aliphatic rings. The Balaban J connectivity index is 2.74. The molecule has 15 heavy (non-hydrogen) atoms. The van der Waals surface area contributed by atoms with Crippen LogP contribution in [0.1, 0.15) is 44.4 Å². The highest BCUT2D eigenvalue weighted by Gasteiger charge is 2.15. The Hall–Kier alpha value is -0.820. The Bertz CT molecular complexity index is 274. The Morgan fingerprint density at radius 2 is 1.73 bits per heavy atom. The summed E-state index contributed by atoms with van der Waals surface area (Å²) in [7, 11) is 0. The number of hydrogen-bond acceptors (Lipinski definition) is 1. The predicted molar refractivity (Wildman–Crippen MR) is 65.0 cm³/mol. The molecule has 0 aromatic heterocycles. The third-order valence-corrected chi connectivity index (χ3v) is 2.51. The second-order valence-electron chi connectivity index (χ2n) is 4.45. The first-order valence-electron chi connectivity index (χ1n) is 5.83. The van der Waals surface area contributed by atoms with Crippen LogP contribution < -0.4 is 0 Å². The van der Waals surface area contributed by atoms with Gasteiger partial charge in [-0.3, -0.25) is 0 Å². The number of aryl methyl sites for hydroxylation is 1. The molecular weight excluding hydrogens is 184 g/mol. The molecule has 0 aliphatic heterocycles. The second-order valence-corrected chi connectivity index (χ2v) is 4.45. The lowest BCUT2D eigenvalue weighted by atomic mass is 9.98. The van der Waals surface area contributed by atoms with Crippen LogP contribution in [0.2, 0.25) is 0 Å². The van der Waals surface area contributed by atoms with Crippen molar-refractivity contribution in [3.8, 4) is 0 Å². The van der Waals surface area contributed by atoms with E-state index in [0.29, 0.717) is 5.92 Å². The van der Waals surface area contributed by atoms with Crippen molar-refractivity contribution in [3.63, 3.8) is 0 Å². The number of rotatable bonds is 5. The lowest BCUT2D eigenvalue weighted by molar-refractivity contribution is 0.0214. The fraction of sp³-hybridized carbons (Fsp3) is 0.571. The van der Waals surface area contributed by atoms with Crippen LogP contribution in [-0.4, -0.2) is 6.61 Å². The molecule has 0 amide bonds. The quantitative estimate of drug-likeness (QED) is 0.704. The molecule has 1 atom stereocenters. The molecule has 0 fully saturated rings. The van der Waals surface area contributed by atoms with Crippen LogP contribution in [-0.2, 0) is 4.74 Å². The fourth-order valence-electron chi connectivity index (χ4n) is 1.67. The van der Waals surface area contributed by atoms with E-state index in [1.165, 1.54) is 11.1 Å².